The maximum Gasteiger partial charge on any atom is 0.401 e. The second-order valence-electron chi connectivity index (χ2n) is 7.78. The minimum Gasteiger partial charge on any atom is -0.377 e. The van der Waals surface area contributed by atoms with Crippen LogP contribution >= 0.6 is 0 Å². The molecule has 2 atom stereocenters. The Morgan fingerprint density at radius 1 is 1.09 bits per heavy atom. The van der Waals surface area contributed by atoms with Gasteiger partial charge in [0.1, 0.15) is 0 Å². The number of halogens is 3. The van der Waals surface area contributed by atoms with E-state index < -0.39 is 12.7 Å². The van der Waals surface area contributed by atoms with E-state index in [0.29, 0.717) is 25.0 Å². The molecule has 0 amide bonds. The zero-order chi connectivity index (χ0) is 16.4. The van der Waals surface area contributed by atoms with Crippen LogP contribution < -0.4 is 5.32 Å². The minimum atomic E-state index is -4.08. The Morgan fingerprint density at radius 3 is 2.27 bits per heavy atom. The van der Waals surface area contributed by atoms with Crippen LogP contribution in [0.5, 0.6) is 0 Å². The highest BCUT2D eigenvalue weighted by molar-refractivity contribution is 4.88. The molecule has 0 aromatic carbocycles. The third-order valence-corrected chi connectivity index (χ3v) is 4.73. The molecule has 0 aromatic rings. The summed E-state index contributed by atoms with van der Waals surface area (Å²) in [5.41, 5.74) is 0.138. The van der Waals surface area contributed by atoms with E-state index in [2.05, 4.69) is 26.1 Å². The van der Waals surface area contributed by atoms with Crippen molar-refractivity contribution in [2.24, 2.45) is 11.3 Å². The Labute approximate surface area is 131 Å². The van der Waals surface area contributed by atoms with Crippen molar-refractivity contribution in [1.29, 1.82) is 0 Å². The van der Waals surface area contributed by atoms with Gasteiger partial charge in [-0.15, -0.1) is 0 Å². The van der Waals surface area contributed by atoms with Crippen LogP contribution in [0.2, 0.25) is 0 Å². The van der Waals surface area contributed by atoms with Gasteiger partial charge in [-0.3, -0.25) is 4.90 Å². The van der Waals surface area contributed by atoms with Crippen molar-refractivity contribution in [3.05, 3.63) is 0 Å². The van der Waals surface area contributed by atoms with Crippen molar-refractivity contribution in [3.8, 4) is 0 Å². The number of ether oxygens (including phenoxy) is 1. The summed E-state index contributed by atoms with van der Waals surface area (Å²) < 4.78 is 43.0. The molecule has 2 heterocycles. The highest BCUT2D eigenvalue weighted by Gasteiger charge is 2.37. The number of piperidine rings is 1. The highest BCUT2D eigenvalue weighted by atomic mass is 19.4. The first-order chi connectivity index (χ1) is 10.1. The zero-order valence-electron chi connectivity index (χ0n) is 13.9. The van der Waals surface area contributed by atoms with E-state index in [1.54, 1.807) is 0 Å². The molecule has 130 valence electrons. The SMILES string of the molecule is CC(C)(C)[C@H]1OCC[C@@H]1CNC1CCN(CC(F)(F)F)CC1. The van der Waals surface area contributed by atoms with Crippen molar-refractivity contribution in [3.63, 3.8) is 0 Å². The molecule has 0 spiro atoms. The lowest BCUT2D eigenvalue weighted by molar-refractivity contribution is -0.148. The molecule has 0 radical (unpaired) electrons. The smallest absolute Gasteiger partial charge is 0.377 e. The van der Waals surface area contributed by atoms with E-state index in [-0.39, 0.29) is 11.5 Å². The number of likely N-dealkylation sites (tertiary alicyclic amines) is 1. The first kappa shape index (κ1) is 18.0. The zero-order valence-corrected chi connectivity index (χ0v) is 13.9. The maximum atomic E-state index is 12.4. The number of nitrogens with zero attached hydrogens (tertiary/aromatic N) is 1. The van der Waals surface area contributed by atoms with Crippen LogP contribution in [-0.4, -0.2) is 56.0 Å². The first-order valence-corrected chi connectivity index (χ1v) is 8.29. The van der Waals surface area contributed by atoms with E-state index in [1.165, 1.54) is 4.90 Å². The normalized spacial score (nSPS) is 29.2. The second-order valence-corrected chi connectivity index (χ2v) is 7.78. The van der Waals surface area contributed by atoms with Crippen molar-refractivity contribution < 1.29 is 17.9 Å². The summed E-state index contributed by atoms with van der Waals surface area (Å²) in [4.78, 5) is 1.51. The van der Waals surface area contributed by atoms with Gasteiger partial charge < -0.3 is 10.1 Å². The molecule has 0 unspecified atom stereocenters. The summed E-state index contributed by atoms with van der Waals surface area (Å²) in [5, 5.41) is 3.56. The van der Waals surface area contributed by atoms with Crippen LogP contribution in [0.4, 0.5) is 13.2 Å². The molecule has 2 saturated heterocycles. The Kier molecular flexibility index (Phi) is 5.78. The molecule has 22 heavy (non-hydrogen) atoms. The topological polar surface area (TPSA) is 24.5 Å². The van der Waals surface area contributed by atoms with Gasteiger partial charge in [-0.05, 0) is 37.8 Å². The summed E-state index contributed by atoms with van der Waals surface area (Å²) in [6.07, 6.45) is -1.15. The Bertz CT molecular complexity index is 346. The molecule has 1 N–H and O–H groups in total. The molecule has 2 fully saturated rings. The van der Waals surface area contributed by atoms with E-state index in [0.717, 1.165) is 32.4 Å². The standard InChI is InChI=1S/C16H29F3N2O/c1-15(2,3)14-12(6-9-22-14)10-20-13-4-7-21(8-5-13)11-16(17,18)19/h12-14,20H,4-11H2,1-3H3/t12-,14+/m1/s1. The molecule has 2 aliphatic heterocycles. The highest BCUT2D eigenvalue weighted by Crippen LogP contribution is 2.34. The minimum absolute atomic E-state index is 0.138. The predicted molar refractivity (Wildman–Crippen MR) is 80.8 cm³/mol. The van der Waals surface area contributed by atoms with Gasteiger partial charge in [0.25, 0.3) is 0 Å². The molecule has 2 rings (SSSR count). The fraction of sp³-hybridized carbons (Fsp3) is 1.00. The molecular weight excluding hydrogens is 293 g/mol. The van der Waals surface area contributed by atoms with E-state index in [9.17, 15) is 13.2 Å². The lowest BCUT2D eigenvalue weighted by atomic mass is 9.81. The predicted octanol–water partition coefficient (Wildman–Crippen LogP) is 3.05. The second kappa shape index (κ2) is 7.05. The Balaban J connectivity index is 1.71. The van der Waals surface area contributed by atoms with Crippen LogP contribution in [-0.2, 0) is 4.74 Å². The van der Waals surface area contributed by atoms with Gasteiger partial charge in [-0.1, -0.05) is 20.8 Å². The summed E-state index contributed by atoms with van der Waals surface area (Å²) in [6, 6.07) is 0.339. The number of hydrogen-bond acceptors (Lipinski definition) is 3. The number of alkyl halides is 3. The van der Waals surface area contributed by atoms with Crippen LogP contribution in [0.25, 0.3) is 0 Å². The van der Waals surface area contributed by atoms with Gasteiger partial charge in [-0.25, -0.2) is 0 Å². The number of nitrogens with one attached hydrogen (secondary N) is 1. The monoisotopic (exact) mass is 322 g/mol. The third-order valence-electron chi connectivity index (χ3n) is 4.73. The Hall–Kier alpha value is -0.330. The van der Waals surface area contributed by atoms with Gasteiger partial charge in [0, 0.05) is 25.1 Å². The lowest BCUT2D eigenvalue weighted by Crippen LogP contribution is -2.47. The van der Waals surface area contributed by atoms with Crippen LogP contribution in [0.3, 0.4) is 0 Å². The molecule has 2 aliphatic rings. The molecule has 6 heteroatoms. The van der Waals surface area contributed by atoms with Crippen molar-refractivity contribution in [2.75, 3.05) is 32.8 Å². The van der Waals surface area contributed by atoms with E-state index >= 15 is 0 Å². The summed E-state index contributed by atoms with van der Waals surface area (Å²) in [7, 11) is 0. The maximum absolute atomic E-state index is 12.4. The lowest BCUT2D eigenvalue weighted by Gasteiger charge is -2.35. The van der Waals surface area contributed by atoms with Gasteiger partial charge in [-0.2, -0.15) is 13.2 Å². The van der Waals surface area contributed by atoms with Crippen LogP contribution in [0.1, 0.15) is 40.0 Å². The summed E-state index contributed by atoms with van der Waals surface area (Å²) in [6.45, 7) is 8.61. The van der Waals surface area contributed by atoms with Gasteiger partial charge >= 0.3 is 6.18 Å². The third kappa shape index (κ3) is 5.39. The first-order valence-electron chi connectivity index (χ1n) is 8.29. The molecule has 0 saturated carbocycles. The van der Waals surface area contributed by atoms with E-state index in [1.807, 2.05) is 0 Å². The quantitative estimate of drug-likeness (QED) is 0.861. The average Bonchev–Trinajstić information content (AvgIpc) is 2.84. The molecule has 0 aliphatic carbocycles. The summed E-state index contributed by atoms with van der Waals surface area (Å²) >= 11 is 0. The number of hydrogen-bond donors (Lipinski definition) is 1. The van der Waals surface area contributed by atoms with Crippen molar-refractivity contribution in [2.45, 2.75) is 58.4 Å². The Morgan fingerprint density at radius 2 is 1.73 bits per heavy atom. The van der Waals surface area contributed by atoms with E-state index in [4.69, 9.17) is 4.74 Å². The van der Waals surface area contributed by atoms with Crippen LogP contribution in [0.15, 0.2) is 0 Å². The van der Waals surface area contributed by atoms with Crippen molar-refractivity contribution in [1.82, 2.24) is 10.2 Å². The summed E-state index contributed by atoms with van der Waals surface area (Å²) in [5.74, 6) is 0.508. The van der Waals surface area contributed by atoms with Gasteiger partial charge in [0.2, 0.25) is 0 Å². The average molecular weight is 322 g/mol. The molecule has 0 bridgehead atoms. The molecule has 3 nitrogen and oxygen atoms in total. The molecular formula is C16H29F3N2O. The van der Waals surface area contributed by atoms with Crippen molar-refractivity contribution >= 4 is 0 Å². The fourth-order valence-corrected chi connectivity index (χ4v) is 3.67. The number of rotatable bonds is 4. The van der Waals surface area contributed by atoms with Gasteiger partial charge in [0.05, 0.1) is 12.6 Å². The van der Waals surface area contributed by atoms with Crippen LogP contribution in [0, 0.1) is 11.3 Å². The fourth-order valence-electron chi connectivity index (χ4n) is 3.67. The largest absolute Gasteiger partial charge is 0.401 e. The molecule has 0 aromatic heterocycles. The van der Waals surface area contributed by atoms with Gasteiger partial charge in [0.15, 0.2) is 0 Å².